The lowest BCUT2D eigenvalue weighted by molar-refractivity contribution is 0.182. The van der Waals surface area contributed by atoms with Gasteiger partial charge in [0.15, 0.2) is 0 Å². The van der Waals surface area contributed by atoms with E-state index in [2.05, 4.69) is 5.32 Å². The fourth-order valence-corrected chi connectivity index (χ4v) is 1.99. The molecule has 0 aliphatic carbocycles. The average Bonchev–Trinajstić information content (AvgIpc) is 2.15. The normalized spacial score (nSPS) is 14.8. The maximum atomic E-state index is 9.14. The van der Waals surface area contributed by atoms with Gasteiger partial charge in [-0.1, -0.05) is 23.2 Å². The number of aliphatic hydroxyl groups excluding tert-OH is 1. The first-order valence-electron chi connectivity index (χ1n) is 5.36. The van der Waals surface area contributed by atoms with Gasteiger partial charge >= 0.3 is 0 Å². The third-order valence-electron chi connectivity index (χ3n) is 2.40. The molecule has 0 saturated carbocycles. The summed E-state index contributed by atoms with van der Waals surface area (Å²) in [6, 6.07) is 5.69. The van der Waals surface area contributed by atoms with Crippen LogP contribution in [0.15, 0.2) is 18.2 Å². The highest BCUT2D eigenvalue weighted by Crippen LogP contribution is 2.23. The molecule has 0 aliphatic rings. The number of benzene rings is 1. The van der Waals surface area contributed by atoms with Gasteiger partial charge < -0.3 is 10.4 Å². The molecular formula is C12H17Cl2NO. The van der Waals surface area contributed by atoms with Crippen molar-refractivity contribution in [3.05, 3.63) is 33.8 Å². The highest BCUT2D eigenvalue weighted by molar-refractivity contribution is 6.34. The van der Waals surface area contributed by atoms with Crippen molar-refractivity contribution in [2.45, 2.75) is 32.4 Å². The highest BCUT2D eigenvalue weighted by Gasteiger charge is 2.07. The van der Waals surface area contributed by atoms with Crippen LogP contribution in [0.3, 0.4) is 0 Å². The summed E-state index contributed by atoms with van der Waals surface area (Å²) < 4.78 is 0. The molecule has 90 valence electrons. The maximum absolute atomic E-state index is 9.14. The van der Waals surface area contributed by atoms with Crippen LogP contribution in [0.2, 0.25) is 10.0 Å². The van der Waals surface area contributed by atoms with Gasteiger partial charge in [-0.25, -0.2) is 0 Å². The maximum Gasteiger partial charge on any atom is 0.0524 e. The van der Waals surface area contributed by atoms with Crippen molar-refractivity contribution < 1.29 is 5.11 Å². The second-order valence-electron chi connectivity index (χ2n) is 4.02. The molecular weight excluding hydrogens is 245 g/mol. The minimum absolute atomic E-state index is 0.176. The van der Waals surface area contributed by atoms with Crippen molar-refractivity contribution in [3.63, 3.8) is 0 Å². The lowest BCUT2D eigenvalue weighted by Gasteiger charge is -2.15. The Morgan fingerprint density at radius 3 is 2.25 bits per heavy atom. The lowest BCUT2D eigenvalue weighted by Crippen LogP contribution is -2.22. The predicted octanol–water partition coefficient (Wildman–Crippen LogP) is 3.41. The summed E-state index contributed by atoms with van der Waals surface area (Å²) in [5, 5.41) is 13.7. The van der Waals surface area contributed by atoms with Gasteiger partial charge in [-0.15, -0.1) is 0 Å². The average molecular weight is 262 g/mol. The molecule has 1 aromatic carbocycles. The van der Waals surface area contributed by atoms with Crippen LogP contribution in [0.4, 0.5) is 0 Å². The third kappa shape index (κ3) is 4.71. The summed E-state index contributed by atoms with van der Waals surface area (Å²) in [5.41, 5.74) is 1.06. The van der Waals surface area contributed by atoms with E-state index < -0.39 is 0 Å². The molecule has 0 aliphatic heterocycles. The van der Waals surface area contributed by atoms with Gasteiger partial charge in [-0.2, -0.15) is 0 Å². The van der Waals surface area contributed by atoms with E-state index in [1.165, 1.54) is 0 Å². The molecule has 2 unspecified atom stereocenters. The molecule has 2 N–H and O–H groups in total. The fraction of sp³-hybridized carbons (Fsp3) is 0.500. The van der Waals surface area contributed by atoms with Crippen molar-refractivity contribution in [2.24, 2.45) is 0 Å². The standard InChI is InChI=1S/C12H17Cl2NO/c1-8(16)3-4-15-9(2)10-5-11(13)7-12(14)6-10/h5-9,15-16H,3-4H2,1-2H3. The van der Waals surface area contributed by atoms with E-state index in [9.17, 15) is 0 Å². The zero-order valence-electron chi connectivity index (χ0n) is 9.50. The van der Waals surface area contributed by atoms with Crippen LogP contribution in [0, 0.1) is 0 Å². The quantitative estimate of drug-likeness (QED) is 0.852. The Morgan fingerprint density at radius 1 is 1.19 bits per heavy atom. The minimum atomic E-state index is -0.275. The van der Waals surface area contributed by atoms with Gasteiger partial charge in [0.05, 0.1) is 6.10 Å². The third-order valence-corrected chi connectivity index (χ3v) is 2.83. The van der Waals surface area contributed by atoms with E-state index in [-0.39, 0.29) is 12.1 Å². The van der Waals surface area contributed by atoms with Gasteiger partial charge in [0.25, 0.3) is 0 Å². The van der Waals surface area contributed by atoms with Gasteiger partial charge in [0, 0.05) is 16.1 Å². The topological polar surface area (TPSA) is 32.3 Å². The molecule has 4 heteroatoms. The zero-order valence-corrected chi connectivity index (χ0v) is 11.0. The van der Waals surface area contributed by atoms with Crippen LogP contribution >= 0.6 is 23.2 Å². The Bertz CT molecular complexity index is 322. The van der Waals surface area contributed by atoms with Gasteiger partial charge in [-0.3, -0.25) is 0 Å². The van der Waals surface area contributed by atoms with E-state index in [1.807, 2.05) is 19.1 Å². The number of aliphatic hydroxyl groups is 1. The molecule has 0 fully saturated rings. The molecule has 16 heavy (non-hydrogen) atoms. The SMILES string of the molecule is CC(O)CCNC(C)c1cc(Cl)cc(Cl)c1. The van der Waals surface area contributed by atoms with E-state index in [0.717, 1.165) is 18.5 Å². The Hall–Kier alpha value is -0.280. The summed E-state index contributed by atoms with van der Waals surface area (Å²) >= 11 is 11.9. The Balaban J connectivity index is 2.55. The number of hydrogen-bond acceptors (Lipinski definition) is 2. The fourth-order valence-electron chi connectivity index (χ4n) is 1.45. The van der Waals surface area contributed by atoms with Gasteiger partial charge in [0.2, 0.25) is 0 Å². The van der Waals surface area contributed by atoms with Crippen LogP contribution in [0.1, 0.15) is 31.9 Å². The molecule has 0 saturated heterocycles. The molecule has 0 aromatic heterocycles. The second-order valence-corrected chi connectivity index (χ2v) is 4.89. The summed E-state index contributed by atoms with van der Waals surface area (Å²) in [6.07, 6.45) is 0.459. The lowest BCUT2D eigenvalue weighted by atomic mass is 10.1. The highest BCUT2D eigenvalue weighted by atomic mass is 35.5. The zero-order chi connectivity index (χ0) is 12.1. The molecule has 0 heterocycles. The molecule has 1 rings (SSSR count). The summed E-state index contributed by atoms with van der Waals surface area (Å²) in [6.45, 7) is 4.59. The molecule has 0 amide bonds. The van der Waals surface area contributed by atoms with Crippen molar-refractivity contribution in [2.75, 3.05) is 6.54 Å². The van der Waals surface area contributed by atoms with Crippen molar-refractivity contribution >= 4 is 23.2 Å². The first kappa shape index (κ1) is 13.8. The Morgan fingerprint density at radius 2 is 1.75 bits per heavy atom. The van der Waals surface area contributed by atoms with Crippen LogP contribution < -0.4 is 5.32 Å². The van der Waals surface area contributed by atoms with Crippen LogP contribution in [-0.4, -0.2) is 17.8 Å². The molecule has 0 spiro atoms. The van der Waals surface area contributed by atoms with Crippen molar-refractivity contribution in [3.8, 4) is 0 Å². The van der Waals surface area contributed by atoms with E-state index >= 15 is 0 Å². The smallest absolute Gasteiger partial charge is 0.0524 e. The monoisotopic (exact) mass is 261 g/mol. The summed E-state index contributed by atoms with van der Waals surface area (Å²) in [7, 11) is 0. The predicted molar refractivity (Wildman–Crippen MR) is 69.2 cm³/mol. The van der Waals surface area contributed by atoms with Crippen LogP contribution in [0.25, 0.3) is 0 Å². The first-order valence-corrected chi connectivity index (χ1v) is 6.12. The Labute approximate surface area is 107 Å². The van der Waals surface area contributed by atoms with E-state index in [1.54, 1.807) is 13.0 Å². The summed E-state index contributed by atoms with van der Waals surface area (Å²) in [4.78, 5) is 0. The minimum Gasteiger partial charge on any atom is -0.393 e. The molecule has 2 atom stereocenters. The van der Waals surface area contributed by atoms with E-state index in [0.29, 0.717) is 10.0 Å². The van der Waals surface area contributed by atoms with Gasteiger partial charge in [-0.05, 0) is 50.6 Å². The van der Waals surface area contributed by atoms with Crippen molar-refractivity contribution in [1.82, 2.24) is 5.32 Å². The molecule has 2 nitrogen and oxygen atoms in total. The van der Waals surface area contributed by atoms with Crippen LogP contribution in [0.5, 0.6) is 0 Å². The molecule has 0 radical (unpaired) electrons. The number of nitrogens with one attached hydrogen (secondary N) is 1. The van der Waals surface area contributed by atoms with Crippen LogP contribution in [-0.2, 0) is 0 Å². The van der Waals surface area contributed by atoms with E-state index in [4.69, 9.17) is 28.3 Å². The van der Waals surface area contributed by atoms with Gasteiger partial charge in [0.1, 0.15) is 0 Å². The molecule has 0 bridgehead atoms. The largest absolute Gasteiger partial charge is 0.393 e. The molecule has 1 aromatic rings. The number of halogens is 2. The van der Waals surface area contributed by atoms with Crippen molar-refractivity contribution in [1.29, 1.82) is 0 Å². The number of hydrogen-bond donors (Lipinski definition) is 2. The summed E-state index contributed by atoms with van der Waals surface area (Å²) in [5.74, 6) is 0. The first-order chi connectivity index (χ1) is 7.49. The number of rotatable bonds is 5. The second kappa shape index (κ2) is 6.45. The Kier molecular flexibility index (Phi) is 5.56.